The second-order valence-electron chi connectivity index (χ2n) is 4.26. The monoisotopic (exact) mass is 376 g/mol. The van der Waals surface area contributed by atoms with Gasteiger partial charge in [-0.3, -0.25) is 0 Å². The first-order valence-electron chi connectivity index (χ1n) is 6.17. The van der Waals surface area contributed by atoms with E-state index in [-0.39, 0.29) is 57.0 Å². The first kappa shape index (κ1) is 26.7. The van der Waals surface area contributed by atoms with E-state index in [4.69, 9.17) is 0 Å². The maximum absolute atomic E-state index is 3.60. The summed E-state index contributed by atoms with van der Waals surface area (Å²) in [5.74, 6) is 0.670. The van der Waals surface area contributed by atoms with E-state index in [0.29, 0.717) is 5.92 Å². The van der Waals surface area contributed by atoms with Crippen LogP contribution >= 0.6 is 0 Å². The average molecular weight is 378 g/mol. The second kappa shape index (κ2) is 22.4. The second-order valence-corrected chi connectivity index (χ2v) is 4.26. The van der Waals surface area contributed by atoms with Crippen molar-refractivity contribution in [3.05, 3.63) is 18.4 Å². The van der Waals surface area contributed by atoms with E-state index < -0.39 is 0 Å². The molecule has 0 aromatic heterocycles. The first-order chi connectivity index (χ1) is 6.81. The molecule has 0 spiro atoms. The molecule has 0 aliphatic rings. The smallest absolute Gasteiger partial charge is 1.00 e. The molecule has 0 fully saturated rings. The number of hydrogen-bond donors (Lipinski definition) is 0. The molecule has 0 heterocycles. The summed E-state index contributed by atoms with van der Waals surface area (Å²) < 4.78 is 0. The molecule has 0 aliphatic carbocycles. The molecule has 0 amide bonds. The largest absolute Gasteiger partial charge is 2.00 e. The fourth-order valence-electron chi connectivity index (χ4n) is 1.71. The Hall–Kier alpha value is 1.25. The zero-order chi connectivity index (χ0) is 10.6. The van der Waals surface area contributed by atoms with Gasteiger partial charge in [0.25, 0.3) is 0 Å². The number of hydrogen-bond acceptors (Lipinski definition) is 0. The van der Waals surface area contributed by atoms with Gasteiger partial charge < -0.3 is 34.0 Å². The molecular weight excluding hydrogens is 352 g/mol. The van der Waals surface area contributed by atoms with Gasteiger partial charge in [0.05, 0.1) is 0 Å². The molecule has 1 atom stereocenters. The Kier molecular flexibility index (Phi) is 35.3. The molecule has 0 aromatic carbocycles. The maximum Gasteiger partial charge on any atom is 2.00 e. The van der Waals surface area contributed by atoms with Crippen molar-refractivity contribution in [1.29, 1.82) is 0 Å². The Morgan fingerprint density at radius 1 is 1.00 bits per heavy atom. The maximum atomic E-state index is 3.60. The summed E-state index contributed by atoms with van der Waals surface area (Å²) in [5.41, 5.74) is 2.86. The van der Waals surface area contributed by atoms with Gasteiger partial charge in [-0.15, -0.1) is 5.73 Å². The minimum atomic E-state index is 0. The topological polar surface area (TPSA) is 0 Å². The number of rotatable bonds is 9. The molecule has 98 valence electrons. The van der Waals surface area contributed by atoms with Crippen LogP contribution in [0.15, 0.2) is 18.4 Å². The van der Waals surface area contributed by atoms with Crippen LogP contribution in [-0.2, 0) is 0 Å². The van der Waals surface area contributed by atoms with E-state index >= 15 is 0 Å². The van der Waals surface area contributed by atoms with Gasteiger partial charge >= 0.3 is 23.1 Å². The Morgan fingerprint density at radius 2 is 1.47 bits per heavy atom. The van der Waals surface area contributed by atoms with E-state index in [9.17, 15) is 0 Å². The summed E-state index contributed by atoms with van der Waals surface area (Å²) in [6.45, 7) is 8.11. The van der Waals surface area contributed by atoms with Crippen molar-refractivity contribution >= 4 is 23.1 Å². The van der Waals surface area contributed by atoms with Crippen molar-refractivity contribution in [2.45, 2.75) is 65.2 Å². The third-order valence-corrected chi connectivity index (χ3v) is 2.67. The quantitative estimate of drug-likeness (QED) is 0.267. The Labute approximate surface area is 145 Å². The van der Waals surface area contributed by atoms with Gasteiger partial charge in [-0.1, -0.05) is 65.4 Å². The van der Waals surface area contributed by atoms with Gasteiger partial charge in [-0.2, -0.15) is 0 Å². The Morgan fingerprint density at radius 3 is 1.94 bits per heavy atom. The molecule has 0 bridgehead atoms. The Balaban J connectivity index is -0.000000282. The van der Waals surface area contributed by atoms with Gasteiger partial charge in [0.15, 0.2) is 0 Å². The van der Waals surface area contributed by atoms with Crippen LogP contribution < -0.4 is 34.0 Å². The van der Waals surface area contributed by atoms with E-state index in [1.54, 1.807) is 0 Å². The minimum absolute atomic E-state index is 0. The molecule has 3 heteroatoms. The average Bonchev–Trinajstić information content (AvgIpc) is 2.17. The summed E-state index contributed by atoms with van der Waals surface area (Å²) in [4.78, 5) is 0. The van der Waals surface area contributed by atoms with Crippen molar-refractivity contribution in [2.24, 2.45) is 5.92 Å². The van der Waals surface area contributed by atoms with Crippen molar-refractivity contribution in [3.63, 3.8) is 0 Å². The van der Waals surface area contributed by atoms with E-state index in [1.165, 1.54) is 51.4 Å². The van der Waals surface area contributed by atoms with E-state index in [1.807, 2.05) is 0 Å². The van der Waals surface area contributed by atoms with Crippen LogP contribution in [0.2, 0.25) is 0 Å². The van der Waals surface area contributed by atoms with Crippen molar-refractivity contribution in [2.75, 3.05) is 0 Å². The molecule has 17 heavy (non-hydrogen) atoms. The number of halogens is 2. The third kappa shape index (κ3) is 22.8. The molecular formula is C14H26Br2Mg. The van der Waals surface area contributed by atoms with Gasteiger partial charge in [-0.25, -0.2) is 0 Å². The molecule has 0 aromatic rings. The van der Waals surface area contributed by atoms with Crippen molar-refractivity contribution in [1.82, 2.24) is 0 Å². The summed E-state index contributed by atoms with van der Waals surface area (Å²) in [5, 5.41) is 0. The molecule has 0 nitrogen and oxygen atoms in total. The summed E-state index contributed by atoms with van der Waals surface area (Å²) >= 11 is 0. The van der Waals surface area contributed by atoms with Crippen LogP contribution in [0.3, 0.4) is 0 Å². The molecule has 1 unspecified atom stereocenters. The zero-order valence-electron chi connectivity index (χ0n) is 11.5. The minimum Gasteiger partial charge on any atom is -1.00 e. The van der Waals surface area contributed by atoms with Crippen LogP contribution in [-0.4, -0.2) is 23.1 Å². The predicted molar refractivity (Wildman–Crippen MR) is 71.2 cm³/mol. The summed E-state index contributed by atoms with van der Waals surface area (Å²) in [6.07, 6.45) is 13.2. The molecule has 0 rings (SSSR count). The fourth-order valence-corrected chi connectivity index (χ4v) is 1.71. The van der Waals surface area contributed by atoms with Gasteiger partial charge in [0.2, 0.25) is 0 Å². The SMILES string of the molecule is C=C=CC(C)CCCCCCCCC.[Br-].[Br-].[Mg+2]. The van der Waals surface area contributed by atoms with Crippen LogP contribution in [0.1, 0.15) is 65.2 Å². The standard InChI is InChI=1S/C14H26.2BrH.Mg/c1-4-6-7-8-9-10-11-13-14(3)12-5-2;;;/h12,14H,2,4,6-11,13H2,1,3H3;2*1H;/q;;;+2/p-2. The van der Waals surface area contributed by atoms with Crippen LogP contribution in [0.25, 0.3) is 0 Å². The van der Waals surface area contributed by atoms with Gasteiger partial charge in [-0.05, 0) is 18.4 Å². The molecule has 0 N–H and O–H groups in total. The molecule has 0 saturated carbocycles. The van der Waals surface area contributed by atoms with Crippen LogP contribution in [0, 0.1) is 5.92 Å². The summed E-state index contributed by atoms with van der Waals surface area (Å²) in [7, 11) is 0. The van der Waals surface area contributed by atoms with Crippen molar-refractivity contribution < 1.29 is 34.0 Å². The zero-order valence-corrected chi connectivity index (χ0v) is 16.1. The Bertz CT molecular complexity index is 166. The van der Waals surface area contributed by atoms with Gasteiger partial charge in [0, 0.05) is 0 Å². The fraction of sp³-hybridized carbons (Fsp3) is 0.786. The van der Waals surface area contributed by atoms with Crippen LogP contribution in [0.5, 0.6) is 0 Å². The normalized spacial score (nSPS) is 10.0. The number of allylic oxidation sites excluding steroid dienone is 1. The molecule has 0 saturated heterocycles. The predicted octanol–water partition coefficient (Wildman–Crippen LogP) is -1.27. The van der Waals surface area contributed by atoms with Crippen LogP contribution in [0.4, 0.5) is 0 Å². The summed E-state index contributed by atoms with van der Waals surface area (Å²) in [6, 6.07) is 0. The third-order valence-electron chi connectivity index (χ3n) is 2.67. The molecule has 0 radical (unpaired) electrons. The van der Waals surface area contributed by atoms with E-state index in [2.05, 4.69) is 32.2 Å². The van der Waals surface area contributed by atoms with E-state index in [0.717, 1.165) is 0 Å². The van der Waals surface area contributed by atoms with Gasteiger partial charge in [0.1, 0.15) is 0 Å². The number of unbranched alkanes of at least 4 members (excludes halogenated alkanes) is 6. The first-order valence-corrected chi connectivity index (χ1v) is 6.17. The van der Waals surface area contributed by atoms with Crippen molar-refractivity contribution in [3.8, 4) is 0 Å². The molecule has 0 aliphatic heterocycles.